The number of aromatic nitrogens is 2. The minimum absolute atomic E-state index is 0.120. The van der Waals surface area contributed by atoms with Crippen LogP contribution in [0.3, 0.4) is 0 Å². The van der Waals surface area contributed by atoms with Gasteiger partial charge in [0.25, 0.3) is 10.0 Å². The lowest BCUT2D eigenvalue weighted by molar-refractivity contribution is 0.599. The first-order chi connectivity index (χ1) is 11.8. The van der Waals surface area contributed by atoms with E-state index in [2.05, 4.69) is 9.82 Å². The normalized spacial score (nSPS) is 11.5. The van der Waals surface area contributed by atoms with Crippen LogP contribution in [0.5, 0.6) is 0 Å². The third-order valence-electron chi connectivity index (χ3n) is 3.73. The van der Waals surface area contributed by atoms with E-state index < -0.39 is 15.8 Å². The summed E-state index contributed by atoms with van der Waals surface area (Å²) < 4.78 is 42.6. The highest BCUT2D eigenvalue weighted by molar-refractivity contribution is 7.92. The molecule has 0 bridgehead atoms. The summed E-state index contributed by atoms with van der Waals surface area (Å²) in [5.74, 6) is -0.676. The number of para-hydroxylation sites is 1. The summed E-state index contributed by atoms with van der Waals surface area (Å²) in [6, 6.07) is 12.6. The summed E-state index contributed by atoms with van der Waals surface area (Å²) in [4.78, 5) is -0.120. The average Bonchev–Trinajstić information content (AvgIpc) is 2.86. The molecule has 0 aliphatic heterocycles. The maximum absolute atomic E-state index is 13.3. The fraction of sp³-hybridized carbons (Fsp3) is 0.118. The molecule has 0 spiro atoms. The van der Waals surface area contributed by atoms with E-state index in [1.807, 2.05) is 30.3 Å². The molecule has 8 heteroatoms. The number of aryl methyl sites for hydroxylation is 1. The van der Waals surface area contributed by atoms with E-state index in [1.54, 1.807) is 18.5 Å². The molecule has 5 nitrogen and oxygen atoms in total. The summed E-state index contributed by atoms with van der Waals surface area (Å²) in [5.41, 5.74) is 2.36. The van der Waals surface area contributed by atoms with Gasteiger partial charge in [-0.1, -0.05) is 29.8 Å². The Morgan fingerprint density at radius 1 is 1.12 bits per heavy atom. The summed E-state index contributed by atoms with van der Waals surface area (Å²) in [6.07, 6.45) is 0. The van der Waals surface area contributed by atoms with Gasteiger partial charge < -0.3 is 0 Å². The van der Waals surface area contributed by atoms with Crippen LogP contribution in [-0.4, -0.2) is 18.2 Å². The zero-order chi connectivity index (χ0) is 18.2. The van der Waals surface area contributed by atoms with Gasteiger partial charge in [-0.25, -0.2) is 17.5 Å². The Labute approximate surface area is 150 Å². The maximum atomic E-state index is 13.3. The summed E-state index contributed by atoms with van der Waals surface area (Å²) in [6.45, 7) is 3.48. The van der Waals surface area contributed by atoms with Gasteiger partial charge in [-0.2, -0.15) is 5.10 Å². The van der Waals surface area contributed by atoms with Crippen LogP contribution in [0, 0.1) is 19.7 Å². The highest BCUT2D eigenvalue weighted by Gasteiger charge is 2.21. The lowest BCUT2D eigenvalue weighted by atomic mass is 10.3. The summed E-state index contributed by atoms with van der Waals surface area (Å²) >= 11 is 5.69. The lowest BCUT2D eigenvalue weighted by Crippen LogP contribution is -2.14. The highest BCUT2D eigenvalue weighted by Crippen LogP contribution is 2.27. The van der Waals surface area contributed by atoms with E-state index in [4.69, 9.17) is 11.6 Å². The van der Waals surface area contributed by atoms with Crippen molar-refractivity contribution in [2.24, 2.45) is 0 Å². The Bertz CT molecular complexity index is 1030. The van der Waals surface area contributed by atoms with Gasteiger partial charge in [0.1, 0.15) is 5.82 Å². The van der Waals surface area contributed by atoms with E-state index >= 15 is 0 Å². The Balaban J connectivity index is 2.00. The Morgan fingerprint density at radius 2 is 1.80 bits per heavy atom. The molecular weight excluding hydrogens is 365 g/mol. The predicted octanol–water partition coefficient (Wildman–Crippen LogP) is 4.08. The minimum atomic E-state index is -3.92. The molecule has 0 aliphatic carbocycles. The Hall–Kier alpha value is -2.38. The lowest BCUT2D eigenvalue weighted by Gasteiger charge is -2.09. The third kappa shape index (κ3) is 3.38. The van der Waals surface area contributed by atoms with Crippen molar-refractivity contribution in [2.45, 2.75) is 18.7 Å². The molecule has 0 unspecified atom stereocenters. The molecule has 0 amide bonds. The van der Waals surface area contributed by atoms with E-state index in [1.165, 1.54) is 0 Å². The van der Waals surface area contributed by atoms with E-state index in [-0.39, 0.29) is 9.92 Å². The summed E-state index contributed by atoms with van der Waals surface area (Å²) in [7, 11) is -3.92. The van der Waals surface area contributed by atoms with E-state index in [0.29, 0.717) is 17.1 Å². The molecule has 0 atom stereocenters. The van der Waals surface area contributed by atoms with Crippen molar-refractivity contribution < 1.29 is 12.8 Å². The second-order valence-electron chi connectivity index (χ2n) is 5.47. The fourth-order valence-corrected chi connectivity index (χ4v) is 3.90. The van der Waals surface area contributed by atoms with Crippen LogP contribution in [0.15, 0.2) is 53.4 Å². The largest absolute Gasteiger partial charge is 0.276 e. The number of nitrogens with zero attached hydrogens (tertiary/aromatic N) is 2. The topological polar surface area (TPSA) is 64.0 Å². The Morgan fingerprint density at radius 3 is 2.44 bits per heavy atom. The molecule has 3 aromatic rings. The third-order valence-corrected chi connectivity index (χ3v) is 5.37. The van der Waals surface area contributed by atoms with Gasteiger partial charge in [0, 0.05) is 0 Å². The van der Waals surface area contributed by atoms with Gasteiger partial charge in [-0.3, -0.25) is 4.72 Å². The average molecular weight is 380 g/mol. The SMILES string of the molecule is Cc1nn(-c2ccccc2)c(C)c1NS(=O)(=O)c1ccc(F)c(Cl)c1. The van der Waals surface area contributed by atoms with Crippen LogP contribution in [0.25, 0.3) is 5.69 Å². The van der Waals surface area contributed by atoms with Crippen LogP contribution in [0.4, 0.5) is 10.1 Å². The number of halogens is 2. The van der Waals surface area contributed by atoms with Crippen LogP contribution < -0.4 is 4.72 Å². The van der Waals surface area contributed by atoms with E-state index in [9.17, 15) is 12.8 Å². The second kappa shape index (κ2) is 6.50. The molecule has 3 rings (SSSR count). The van der Waals surface area contributed by atoms with Crippen molar-refractivity contribution >= 4 is 27.3 Å². The fourth-order valence-electron chi connectivity index (χ4n) is 2.45. The number of hydrogen-bond donors (Lipinski definition) is 1. The van der Waals surface area contributed by atoms with Gasteiger partial charge in [0.2, 0.25) is 0 Å². The first-order valence-corrected chi connectivity index (χ1v) is 9.25. The molecule has 130 valence electrons. The van der Waals surface area contributed by atoms with Gasteiger partial charge in [-0.05, 0) is 44.2 Å². The Kier molecular flexibility index (Phi) is 4.53. The second-order valence-corrected chi connectivity index (χ2v) is 7.56. The van der Waals surface area contributed by atoms with Crippen molar-refractivity contribution in [3.8, 4) is 5.69 Å². The van der Waals surface area contributed by atoms with Crippen molar-refractivity contribution in [3.05, 3.63) is 70.8 Å². The molecule has 1 N–H and O–H groups in total. The van der Waals surface area contributed by atoms with Crippen LogP contribution in [0.1, 0.15) is 11.4 Å². The van der Waals surface area contributed by atoms with Crippen molar-refractivity contribution in [2.75, 3.05) is 4.72 Å². The van der Waals surface area contributed by atoms with Crippen molar-refractivity contribution in [1.82, 2.24) is 9.78 Å². The summed E-state index contributed by atoms with van der Waals surface area (Å²) in [5, 5.41) is 4.14. The maximum Gasteiger partial charge on any atom is 0.262 e. The van der Waals surface area contributed by atoms with Crippen molar-refractivity contribution in [1.29, 1.82) is 0 Å². The molecule has 1 heterocycles. The number of anilines is 1. The predicted molar refractivity (Wildman–Crippen MR) is 95.3 cm³/mol. The monoisotopic (exact) mass is 379 g/mol. The number of nitrogens with one attached hydrogen (secondary N) is 1. The molecule has 0 saturated heterocycles. The van der Waals surface area contributed by atoms with Gasteiger partial charge in [0.15, 0.2) is 0 Å². The molecule has 2 aromatic carbocycles. The van der Waals surface area contributed by atoms with Gasteiger partial charge in [-0.15, -0.1) is 0 Å². The van der Waals surface area contributed by atoms with Crippen LogP contribution in [0.2, 0.25) is 5.02 Å². The molecule has 0 radical (unpaired) electrons. The number of rotatable bonds is 4. The standard InChI is InChI=1S/C17H15ClFN3O2S/c1-11-17(12(2)22(20-11)13-6-4-3-5-7-13)21-25(23,24)14-8-9-16(19)15(18)10-14/h3-10,21H,1-2H3. The first kappa shape index (κ1) is 17.4. The molecule has 0 saturated carbocycles. The van der Waals surface area contributed by atoms with Crippen LogP contribution >= 0.6 is 11.6 Å². The number of sulfonamides is 1. The van der Waals surface area contributed by atoms with Crippen molar-refractivity contribution in [3.63, 3.8) is 0 Å². The number of benzene rings is 2. The molecule has 1 aromatic heterocycles. The zero-order valence-corrected chi connectivity index (χ0v) is 15.1. The highest BCUT2D eigenvalue weighted by atomic mass is 35.5. The smallest absolute Gasteiger partial charge is 0.262 e. The van der Waals surface area contributed by atoms with Gasteiger partial charge >= 0.3 is 0 Å². The van der Waals surface area contributed by atoms with Gasteiger partial charge in [0.05, 0.1) is 32.7 Å². The van der Waals surface area contributed by atoms with E-state index in [0.717, 1.165) is 23.9 Å². The quantitative estimate of drug-likeness (QED) is 0.742. The molecular formula is C17H15ClFN3O2S. The first-order valence-electron chi connectivity index (χ1n) is 7.39. The minimum Gasteiger partial charge on any atom is -0.276 e. The van der Waals surface area contributed by atoms with Crippen LogP contribution in [-0.2, 0) is 10.0 Å². The zero-order valence-electron chi connectivity index (χ0n) is 13.5. The molecule has 0 fully saturated rings. The molecule has 0 aliphatic rings. The molecule has 25 heavy (non-hydrogen) atoms. The number of hydrogen-bond acceptors (Lipinski definition) is 3.